The van der Waals surface area contributed by atoms with Crippen LogP contribution in [0.1, 0.15) is 6.92 Å². The number of hydrogen-bond acceptors (Lipinski definition) is 5. The first-order valence-electron chi connectivity index (χ1n) is 5.16. The zero-order valence-corrected chi connectivity index (χ0v) is 9.65. The van der Waals surface area contributed by atoms with Gasteiger partial charge in [0.15, 0.2) is 0 Å². The average Bonchev–Trinajstić information content (AvgIpc) is 2.38. The number of benzene rings is 1. The van der Waals surface area contributed by atoms with Gasteiger partial charge in [-0.05, 0) is 12.1 Å². The Morgan fingerprint density at radius 3 is 2.56 bits per heavy atom. The van der Waals surface area contributed by atoms with Crippen molar-refractivity contribution in [3.8, 4) is 5.69 Å². The Morgan fingerprint density at radius 1 is 1.33 bits per heavy atom. The number of nitrogens with two attached hydrogens (primary N) is 1. The van der Waals surface area contributed by atoms with Crippen LogP contribution >= 0.6 is 0 Å². The molecule has 1 heterocycles. The van der Waals surface area contributed by atoms with Crippen LogP contribution in [0.4, 0.5) is 5.95 Å². The van der Waals surface area contributed by atoms with Crippen LogP contribution < -0.4 is 16.5 Å². The SMILES string of the molecule is CC(=O)N(N)c1ncn(-c2ccccc2)c(=O)n1. The van der Waals surface area contributed by atoms with Crippen molar-refractivity contribution in [1.82, 2.24) is 14.5 Å². The number of aromatic nitrogens is 3. The Labute approximate surface area is 102 Å². The molecule has 0 unspecified atom stereocenters. The number of hydrazine groups is 1. The van der Waals surface area contributed by atoms with E-state index >= 15 is 0 Å². The van der Waals surface area contributed by atoms with Crippen LogP contribution in [0.5, 0.6) is 0 Å². The van der Waals surface area contributed by atoms with Crippen molar-refractivity contribution in [2.45, 2.75) is 6.92 Å². The molecule has 7 nitrogen and oxygen atoms in total. The molecule has 0 saturated heterocycles. The lowest BCUT2D eigenvalue weighted by Crippen LogP contribution is -2.39. The molecule has 0 aliphatic heterocycles. The summed E-state index contributed by atoms with van der Waals surface area (Å²) in [6.45, 7) is 1.26. The molecule has 0 aliphatic carbocycles. The number of hydrogen-bond donors (Lipinski definition) is 1. The lowest BCUT2D eigenvalue weighted by atomic mass is 10.3. The highest BCUT2D eigenvalue weighted by atomic mass is 16.2. The Morgan fingerprint density at radius 2 is 2.00 bits per heavy atom. The van der Waals surface area contributed by atoms with Crippen LogP contribution in [-0.4, -0.2) is 20.4 Å². The molecule has 1 aromatic carbocycles. The summed E-state index contributed by atoms with van der Waals surface area (Å²) in [6.07, 6.45) is 1.28. The second kappa shape index (κ2) is 4.76. The second-order valence-electron chi connectivity index (χ2n) is 3.53. The van der Waals surface area contributed by atoms with Gasteiger partial charge in [-0.3, -0.25) is 9.36 Å². The molecule has 92 valence electrons. The third kappa shape index (κ3) is 2.25. The van der Waals surface area contributed by atoms with Crippen LogP contribution in [0.15, 0.2) is 41.5 Å². The number of rotatable bonds is 2. The van der Waals surface area contributed by atoms with Crippen LogP contribution in [-0.2, 0) is 4.79 Å². The number of amides is 1. The average molecular weight is 245 g/mol. The van der Waals surface area contributed by atoms with Crippen molar-refractivity contribution in [3.63, 3.8) is 0 Å². The van der Waals surface area contributed by atoms with Gasteiger partial charge in [-0.25, -0.2) is 20.6 Å². The van der Waals surface area contributed by atoms with Gasteiger partial charge >= 0.3 is 5.69 Å². The summed E-state index contributed by atoms with van der Waals surface area (Å²) in [5.74, 6) is 4.83. The molecule has 0 aliphatic rings. The van der Waals surface area contributed by atoms with E-state index in [0.717, 1.165) is 5.01 Å². The minimum Gasteiger partial charge on any atom is -0.273 e. The van der Waals surface area contributed by atoms with E-state index < -0.39 is 11.6 Å². The zero-order chi connectivity index (χ0) is 13.1. The zero-order valence-electron chi connectivity index (χ0n) is 9.65. The van der Waals surface area contributed by atoms with Gasteiger partial charge in [0.05, 0.1) is 5.69 Å². The first-order chi connectivity index (χ1) is 8.59. The molecule has 2 rings (SSSR count). The molecule has 7 heteroatoms. The Balaban J connectivity index is 2.44. The normalized spacial score (nSPS) is 10.1. The second-order valence-corrected chi connectivity index (χ2v) is 3.53. The summed E-state index contributed by atoms with van der Waals surface area (Å²) in [4.78, 5) is 30.3. The number of anilines is 1. The van der Waals surface area contributed by atoms with Crippen molar-refractivity contribution in [2.24, 2.45) is 5.84 Å². The van der Waals surface area contributed by atoms with Gasteiger partial charge in [0.25, 0.3) is 5.95 Å². The number of carbonyl (C=O) groups is 1. The number of carbonyl (C=O) groups excluding carboxylic acids is 1. The first kappa shape index (κ1) is 11.9. The summed E-state index contributed by atoms with van der Waals surface area (Å²) in [5.41, 5.74) is 0.0864. The fourth-order valence-corrected chi connectivity index (χ4v) is 1.35. The molecule has 1 amide bonds. The fourth-order valence-electron chi connectivity index (χ4n) is 1.35. The standard InChI is InChI=1S/C11H11N5O2/c1-8(17)16(12)10-13-7-15(11(18)14-10)9-5-3-2-4-6-9/h2-7H,12H2,1H3. The summed E-state index contributed by atoms with van der Waals surface area (Å²) in [6, 6.07) is 8.91. The van der Waals surface area contributed by atoms with E-state index in [2.05, 4.69) is 9.97 Å². The molecular weight excluding hydrogens is 234 g/mol. The predicted octanol–water partition coefficient (Wildman–Crippen LogP) is -0.146. The highest BCUT2D eigenvalue weighted by molar-refractivity contribution is 5.88. The van der Waals surface area contributed by atoms with Crippen molar-refractivity contribution in [2.75, 3.05) is 5.01 Å². The molecule has 0 fully saturated rings. The quantitative estimate of drug-likeness (QED) is 0.451. The molecule has 0 spiro atoms. The molecule has 2 N–H and O–H groups in total. The number of nitrogens with zero attached hydrogens (tertiary/aromatic N) is 4. The highest BCUT2D eigenvalue weighted by Gasteiger charge is 2.11. The summed E-state index contributed by atoms with van der Waals surface area (Å²) < 4.78 is 1.26. The van der Waals surface area contributed by atoms with Gasteiger partial charge in [-0.1, -0.05) is 18.2 Å². The van der Waals surface area contributed by atoms with E-state index in [4.69, 9.17) is 5.84 Å². The van der Waals surface area contributed by atoms with Crippen molar-refractivity contribution in [1.29, 1.82) is 0 Å². The van der Waals surface area contributed by atoms with Gasteiger partial charge < -0.3 is 0 Å². The molecule has 1 aromatic heterocycles. The van der Waals surface area contributed by atoms with Gasteiger partial charge in [0.2, 0.25) is 5.91 Å². The lowest BCUT2D eigenvalue weighted by molar-refractivity contribution is -0.116. The van der Waals surface area contributed by atoms with Crippen LogP contribution in [0.25, 0.3) is 5.69 Å². The van der Waals surface area contributed by atoms with Crippen molar-refractivity contribution >= 4 is 11.9 Å². The maximum atomic E-state index is 11.8. The van der Waals surface area contributed by atoms with Gasteiger partial charge in [-0.2, -0.15) is 4.98 Å². The van der Waals surface area contributed by atoms with Gasteiger partial charge in [0, 0.05) is 6.92 Å². The van der Waals surface area contributed by atoms with Gasteiger partial charge in [0.1, 0.15) is 6.33 Å². The number of para-hydroxylation sites is 1. The highest BCUT2D eigenvalue weighted by Crippen LogP contribution is 2.04. The maximum absolute atomic E-state index is 11.8. The van der Waals surface area contributed by atoms with E-state index in [1.54, 1.807) is 24.3 Å². The molecule has 0 bridgehead atoms. The fraction of sp³-hybridized carbons (Fsp3) is 0.0909. The lowest BCUT2D eigenvalue weighted by Gasteiger charge is -2.11. The van der Waals surface area contributed by atoms with Crippen LogP contribution in [0, 0.1) is 0 Å². The molecular formula is C11H11N5O2. The van der Waals surface area contributed by atoms with E-state index in [1.807, 2.05) is 6.07 Å². The summed E-state index contributed by atoms with van der Waals surface area (Å²) in [7, 11) is 0. The molecule has 18 heavy (non-hydrogen) atoms. The van der Waals surface area contributed by atoms with Crippen molar-refractivity contribution in [3.05, 3.63) is 47.1 Å². The largest absolute Gasteiger partial charge is 0.356 e. The third-order valence-corrected chi connectivity index (χ3v) is 2.28. The smallest absolute Gasteiger partial charge is 0.273 e. The minimum absolute atomic E-state index is 0.125. The van der Waals surface area contributed by atoms with Crippen LogP contribution in [0.2, 0.25) is 0 Å². The minimum atomic E-state index is -0.553. The Kier molecular flexibility index (Phi) is 3.16. The molecule has 0 radical (unpaired) electrons. The molecule has 2 aromatic rings. The Bertz CT molecular complexity index is 623. The summed E-state index contributed by atoms with van der Waals surface area (Å²) in [5, 5.41) is 0.719. The third-order valence-electron chi connectivity index (χ3n) is 2.28. The van der Waals surface area contributed by atoms with E-state index in [9.17, 15) is 9.59 Å². The molecule has 0 saturated carbocycles. The molecule has 0 atom stereocenters. The van der Waals surface area contributed by atoms with Crippen molar-refractivity contribution < 1.29 is 4.79 Å². The topological polar surface area (TPSA) is 94.1 Å². The monoisotopic (exact) mass is 245 g/mol. The maximum Gasteiger partial charge on any atom is 0.356 e. The van der Waals surface area contributed by atoms with Gasteiger partial charge in [-0.15, -0.1) is 0 Å². The Hall–Kier alpha value is -2.54. The van der Waals surface area contributed by atoms with Crippen LogP contribution in [0.3, 0.4) is 0 Å². The van der Waals surface area contributed by atoms with E-state index in [1.165, 1.54) is 17.8 Å². The van der Waals surface area contributed by atoms with E-state index in [-0.39, 0.29) is 5.95 Å². The summed E-state index contributed by atoms with van der Waals surface area (Å²) >= 11 is 0. The first-order valence-corrected chi connectivity index (χ1v) is 5.16. The predicted molar refractivity (Wildman–Crippen MR) is 65.0 cm³/mol. The van der Waals surface area contributed by atoms with E-state index in [0.29, 0.717) is 5.69 Å².